The summed E-state index contributed by atoms with van der Waals surface area (Å²) in [6, 6.07) is 3.83. The van der Waals surface area contributed by atoms with Crippen LogP contribution < -0.4 is 0 Å². The van der Waals surface area contributed by atoms with E-state index in [0.717, 1.165) is 5.56 Å². The Labute approximate surface area is 286 Å². The van der Waals surface area contributed by atoms with Gasteiger partial charge in [0, 0.05) is 34.2 Å². The lowest BCUT2D eigenvalue weighted by molar-refractivity contribution is -0.101. The van der Waals surface area contributed by atoms with E-state index in [1.165, 1.54) is 41.0 Å². The van der Waals surface area contributed by atoms with E-state index in [0.29, 0.717) is 43.6 Å². The number of nitrogens with zero attached hydrogens (tertiary/aromatic N) is 4. The second-order valence-electron chi connectivity index (χ2n) is 12.9. The predicted octanol–water partition coefficient (Wildman–Crippen LogP) is 9.00. The number of amides is 1. The van der Waals surface area contributed by atoms with Crippen molar-refractivity contribution in [3.63, 3.8) is 0 Å². The molecule has 5 rings (SSSR count). The third-order valence-corrected chi connectivity index (χ3v) is 10.0. The van der Waals surface area contributed by atoms with E-state index in [4.69, 9.17) is 9.72 Å². The summed E-state index contributed by atoms with van der Waals surface area (Å²) in [4.78, 5) is 40.8. The highest BCUT2D eigenvalue weighted by Crippen LogP contribution is 2.45. The van der Waals surface area contributed by atoms with Crippen molar-refractivity contribution in [3.05, 3.63) is 70.2 Å². The van der Waals surface area contributed by atoms with Gasteiger partial charge in [0.25, 0.3) is 0 Å². The van der Waals surface area contributed by atoms with E-state index in [1.54, 1.807) is 31.5 Å². The Morgan fingerprint density at radius 3 is 2.37 bits per heavy atom. The number of halogens is 6. The summed E-state index contributed by atoms with van der Waals surface area (Å²) in [5.74, 6) is -2.43. The van der Waals surface area contributed by atoms with Gasteiger partial charge in [0.1, 0.15) is 11.1 Å². The fraction of sp³-hybridized carbons (Fsp3) is 0.424. The number of rotatable bonds is 7. The fourth-order valence-corrected chi connectivity index (χ4v) is 7.59. The highest BCUT2D eigenvalue weighted by Gasteiger charge is 2.48. The Morgan fingerprint density at radius 1 is 1.10 bits per heavy atom. The van der Waals surface area contributed by atoms with Crippen molar-refractivity contribution in [2.75, 3.05) is 6.26 Å². The first-order chi connectivity index (χ1) is 22.7. The molecular weight excluding hydrogens is 695 g/mol. The maximum atomic E-state index is 13.7. The number of carbonyl (C=O) groups excluding carboxylic acids is 1. The number of hydrogen-bond acceptors (Lipinski definition) is 8. The minimum atomic E-state index is -5.03. The van der Waals surface area contributed by atoms with E-state index >= 15 is 0 Å². The van der Waals surface area contributed by atoms with Crippen LogP contribution in [0.5, 0.6) is 0 Å². The molecular formula is C33H32F6N4O4S2. The second kappa shape index (κ2) is 13.1. The molecule has 1 fully saturated rings. The van der Waals surface area contributed by atoms with Gasteiger partial charge in [-0.1, -0.05) is 44.7 Å². The van der Waals surface area contributed by atoms with E-state index in [9.17, 15) is 41.0 Å². The summed E-state index contributed by atoms with van der Waals surface area (Å²) in [7, 11) is 0. The van der Waals surface area contributed by atoms with Crippen LogP contribution in [0.1, 0.15) is 61.4 Å². The number of aromatic nitrogens is 3. The smallest absolute Gasteiger partial charge is 0.416 e. The number of hydrogen-bond donors (Lipinski definition) is 1. The van der Waals surface area contributed by atoms with Crippen molar-refractivity contribution in [3.8, 4) is 21.0 Å². The van der Waals surface area contributed by atoms with Gasteiger partial charge in [-0.05, 0) is 50.3 Å². The first-order valence-electron chi connectivity index (χ1n) is 15.0. The second-order valence-corrected chi connectivity index (χ2v) is 14.6. The number of thiazole rings is 1. The minimum absolute atomic E-state index is 0.102. The Balaban J connectivity index is 1.54. The van der Waals surface area contributed by atoms with Gasteiger partial charge in [0.05, 0.1) is 40.0 Å². The summed E-state index contributed by atoms with van der Waals surface area (Å²) in [6.45, 7) is 9.03. The molecule has 8 nitrogen and oxygen atoms in total. The Kier molecular flexibility index (Phi) is 9.71. The van der Waals surface area contributed by atoms with Crippen LogP contribution in [0.2, 0.25) is 0 Å². The average molecular weight is 727 g/mol. The normalized spacial score (nSPS) is 20.3. The molecule has 0 radical (unpaired) electrons. The van der Waals surface area contributed by atoms with Crippen molar-refractivity contribution in [2.45, 2.75) is 82.7 Å². The van der Waals surface area contributed by atoms with Gasteiger partial charge in [-0.2, -0.15) is 26.3 Å². The molecule has 0 bridgehead atoms. The number of alkyl halides is 6. The molecule has 16 heteroatoms. The summed E-state index contributed by atoms with van der Waals surface area (Å²) in [5.41, 5.74) is -0.126. The van der Waals surface area contributed by atoms with E-state index in [1.807, 2.05) is 20.8 Å². The van der Waals surface area contributed by atoms with Gasteiger partial charge < -0.3 is 9.84 Å². The quantitative estimate of drug-likeness (QED) is 0.146. The maximum absolute atomic E-state index is 13.7. The molecule has 1 aliphatic carbocycles. The average Bonchev–Trinajstić information content (AvgIpc) is 3.57. The van der Waals surface area contributed by atoms with Gasteiger partial charge in [-0.25, -0.2) is 24.5 Å². The zero-order valence-electron chi connectivity index (χ0n) is 27.2. The number of carboxylic acid groups (broad SMARTS) is 1. The van der Waals surface area contributed by atoms with E-state index < -0.39 is 65.5 Å². The molecule has 1 amide bonds. The molecule has 1 aliphatic heterocycles. The topological polar surface area (TPSA) is 106 Å². The Bertz CT molecular complexity index is 1860. The summed E-state index contributed by atoms with van der Waals surface area (Å²) >= 11 is 2.58. The van der Waals surface area contributed by atoms with Crippen LogP contribution >= 0.6 is 23.1 Å². The number of carbonyl (C=O) groups is 2. The number of ether oxygens (including phenoxy) is 1. The first kappa shape index (κ1) is 36.4. The van der Waals surface area contributed by atoms with E-state index in [2.05, 4.69) is 9.97 Å². The monoisotopic (exact) mass is 726 g/mol. The number of thioether (sulfide) groups is 1. The molecule has 0 spiro atoms. The molecule has 2 aliphatic rings. The number of carboxylic acids is 1. The third kappa shape index (κ3) is 7.49. The molecule has 49 heavy (non-hydrogen) atoms. The SMILES string of the molecule is CSc1ncc(-c2sc(-c3ccc(C(=O)O)cc3C)nc2C(C)(C)C)c(CN2C(=O)OC(C3C=C(C(F)(F)F)C=C(C(F)(F)F)C3)C2C)n1. The van der Waals surface area contributed by atoms with Crippen LogP contribution in [0.15, 0.2) is 52.9 Å². The maximum Gasteiger partial charge on any atom is 0.416 e. The summed E-state index contributed by atoms with van der Waals surface area (Å²) in [6.07, 6.45) is -8.82. The molecule has 3 aromatic rings. The largest absolute Gasteiger partial charge is 0.478 e. The highest BCUT2D eigenvalue weighted by molar-refractivity contribution is 7.98. The molecule has 3 unspecified atom stereocenters. The van der Waals surface area contributed by atoms with Crippen LogP contribution in [-0.4, -0.2) is 67.8 Å². The lowest BCUT2D eigenvalue weighted by Crippen LogP contribution is -2.38. The number of aryl methyl sites for hydroxylation is 1. The van der Waals surface area contributed by atoms with Crippen LogP contribution in [-0.2, 0) is 16.7 Å². The number of aromatic carboxylic acids is 1. The fourth-order valence-electron chi connectivity index (χ4n) is 5.83. The molecule has 3 atom stereocenters. The Morgan fingerprint density at radius 2 is 1.80 bits per heavy atom. The standard InChI is InChI=1S/C33H32F6N4O4S2/c1-15-9-17(28(44)45)7-8-21(15)27-42-26(31(3,4)5)25(49-27)22-13-40-29(48-6)41-23(22)14-43-16(2)24(47-30(43)46)18-10-19(32(34,35)36)12-20(11-18)33(37,38)39/h7-10,12-13,16,18,24H,11,14H2,1-6H3,(H,44,45). The van der Waals surface area contributed by atoms with Gasteiger partial charge in [-0.15, -0.1) is 11.3 Å². The van der Waals surface area contributed by atoms with Crippen molar-refractivity contribution in [2.24, 2.45) is 5.92 Å². The number of allylic oxidation sites excluding steroid dienone is 3. The van der Waals surface area contributed by atoms with Crippen LogP contribution in [0.3, 0.4) is 0 Å². The summed E-state index contributed by atoms with van der Waals surface area (Å²) in [5, 5.41) is 10.4. The molecule has 1 N–H and O–H groups in total. The van der Waals surface area contributed by atoms with Crippen LogP contribution in [0.4, 0.5) is 31.1 Å². The van der Waals surface area contributed by atoms with Crippen molar-refractivity contribution < 1.29 is 45.8 Å². The molecule has 262 valence electrons. The molecule has 2 aromatic heterocycles. The zero-order valence-corrected chi connectivity index (χ0v) is 28.8. The zero-order chi connectivity index (χ0) is 36.2. The van der Waals surface area contributed by atoms with Crippen molar-refractivity contribution in [1.82, 2.24) is 19.9 Å². The molecule has 1 saturated heterocycles. The predicted molar refractivity (Wildman–Crippen MR) is 172 cm³/mol. The lowest BCUT2D eigenvalue weighted by Gasteiger charge is -2.30. The minimum Gasteiger partial charge on any atom is -0.478 e. The van der Waals surface area contributed by atoms with Gasteiger partial charge in [0.2, 0.25) is 0 Å². The Hall–Kier alpha value is -3.92. The molecule has 3 heterocycles. The number of cyclic esters (lactones) is 1. The van der Waals surface area contributed by atoms with Crippen molar-refractivity contribution in [1.29, 1.82) is 0 Å². The highest BCUT2D eigenvalue weighted by atomic mass is 32.2. The van der Waals surface area contributed by atoms with Gasteiger partial charge in [-0.3, -0.25) is 4.90 Å². The first-order valence-corrected chi connectivity index (χ1v) is 17.0. The van der Waals surface area contributed by atoms with Gasteiger partial charge in [0.15, 0.2) is 5.16 Å². The lowest BCUT2D eigenvalue weighted by atomic mass is 9.83. The van der Waals surface area contributed by atoms with Crippen LogP contribution in [0.25, 0.3) is 21.0 Å². The third-order valence-electron chi connectivity index (χ3n) is 8.37. The molecule has 1 aromatic carbocycles. The number of benzene rings is 1. The van der Waals surface area contributed by atoms with E-state index in [-0.39, 0.29) is 18.2 Å². The van der Waals surface area contributed by atoms with Crippen LogP contribution in [0, 0.1) is 12.8 Å². The van der Waals surface area contributed by atoms with Gasteiger partial charge >= 0.3 is 24.4 Å². The molecule has 0 saturated carbocycles. The summed E-state index contributed by atoms with van der Waals surface area (Å²) < 4.78 is 87.3. The van der Waals surface area contributed by atoms with Crippen molar-refractivity contribution >= 4 is 35.2 Å².